The summed E-state index contributed by atoms with van der Waals surface area (Å²) in [7, 11) is -2.55. The molecule has 0 aliphatic carbocycles. The van der Waals surface area contributed by atoms with Crippen molar-refractivity contribution in [1.29, 1.82) is 0 Å². The monoisotopic (exact) mass is 262 g/mol. The average molecular weight is 262 g/mol. The summed E-state index contributed by atoms with van der Waals surface area (Å²) in [5.74, 6) is 0.512. The highest BCUT2D eigenvalue weighted by Crippen LogP contribution is 2.25. The van der Waals surface area contributed by atoms with Crippen LogP contribution in [0.25, 0.3) is 0 Å². The lowest BCUT2D eigenvalue weighted by atomic mass is 10.3. The first kappa shape index (κ1) is 17.1. The van der Waals surface area contributed by atoms with Crippen LogP contribution < -0.4 is 0 Å². The molecule has 0 aromatic carbocycles. The maximum atomic E-state index is 6.06. The molecule has 104 valence electrons. The van der Waals surface area contributed by atoms with Gasteiger partial charge < -0.3 is 13.3 Å². The van der Waals surface area contributed by atoms with Gasteiger partial charge in [0.05, 0.1) is 0 Å². The Labute approximate surface area is 108 Å². The molecule has 0 radical (unpaired) electrons. The number of hydrogen-bond acceptors (Lipinski definition) is 3. The lowest BCUT2D eigenvalue weighted by Crippen LogP contribution is -2.51. The highest BCUT2D eigenvalue weighted by molar-refractivity contribution is 6.60. The van der Waals surface area contributed by atoms with Crippen LogP contribution >= 0.6 is 0 Å². The zero-order chi connectivity index (χ0) is 13.6. The number of hydrogen-bond donors (Lipinski definition) is 0. The van der Waals surface area contributed by atoms with Crippen molar-refractivity contribution < 1.29 is 13.3 Å². The highest BCUT2D eigenvalue weighted by atomic mass is 28.4. The fraction of sp³-hybridized carbons (Fsp3) is 1.00. The lowest BCUT2D eigenvalue weighted by molar-refractivity contribution is 0.00107. The molecule has 0 saturated heterocycles. The largest absolute Gasteiger partial charge is 0.501 e. The third-order valence-corrected chi connectivity index (χ3v) is 5.71. The van der Waals surface area contributed by atoms with E-state index in [-0.39, 0.29) is 18.3 Å². The Bertz CT molecular complexity index is 157. The first-order valence-electron chi connectivity index (χ1n) is 6.70. The predicted octanol–water partition coefficient (Wildman–Crippen LogP) is 3.86. The molecule has 0 saturated carbocycles. The molecule has 4 heteroatoms. The minimum atomic E-state index is -2.55. The minimum Gasteiger partial charge on any atom is -0.371 e. The quantitative estimate of drug-likeness (QED) is 0.622. The predicted molar refractivity (Wildman–Crippen MR) is 74.1 cm³/mol. The second-order valence-electron chi connectivity index (χ2n) is 5.78. The molecule has 17 heavy (non-hydrogen) atoms. The third-order valence-electron chi connectivity index (χ3n) is 1.90. The van der Waals surface area contributed by atoms with Crippen LogP contribution in [0.15, 0.2) is 0 Å². The second-order valence-corrected chi connectivity index (χ2v) is 8.26. The van der Waals surface area contributed by atoms with Crippen molar-refractivity contribution in [1.82, 2.24) is 0 Å². The normalized spacial score (nSPS) is 13.4. The van der Waals surface area contributed by atoms with E-state index in [1.165, 1.54) is 0 Å². The Kier molecular flexibility index (Phi) is 7.56. The third kappa shape index (κ3) is 7.92. The van der Waals surface area contributed by atoms with Crippen LogP contribution in [0.5, 0.6) is 0 Å². The van der Waals surface area contributed by atoms with E-state index in [4.69, 9.17) is 13.3 Å². The smallest absolute Gasteiger partial charge is 0.371 e. The first-order chi connectivity index (χ1) is 7.67. The summed E-state index contributed by atoms with van der Waals surface area (Å²) in [6, 6.07) is 0.877. The van der Waals surface area contributed by atoms with E-state index in [1.54, 1.807) is 0 Å². The Hall–Kier alpha value is 0.0969. The molecule has 3 nitrogen and oxygen atoms in total. The standard InChI is InChI=1S/C13H30O3Si/c1-10(2)9-17(14-11(3)4,15-12(5)6)16-13(7)8/h10-13H,9H2,1-8H3. The summed E-state index contributed by atoms with van der Waals surface area (Å²) >= 11 is 0. The molecule has 0 aliphatic rings. The van der Waals surface area contributed by atoms with Gasteiger partial charge in [-0.05, 0) is 47.5 Å². The van der Waals surface area contributed by atoms with E-state index in [0.717, 1.165) is 6.04 Å². The fourth-order valence-electron chi connectivity index (χ4n) is 1.81. The minimum absolute atomic E-state index is 0.137. The molecule has 0 amide bonds. The summed E-state index contributed by atoms with van der Waals surface area (Å²) in [5, 5.41) is 0. The van der Waals surface area contributed by atoms with Crippen LogP contribution in [0.4, 0.5) is 0 Å². The van der Waals surface area contributed by atoms with Crippen LogP contribution in [0.2, 0.25) is 6.04 Å². The fourth-order valence-corrected chi connectivity index (χ4v) is 5.42. The molecule has 0 rings (SSSR count). The summed E-state index contributed by atoms with van der Waals surface area (Å²) in [5.41, 5.74) is 0. The maximum absolute atomic E-state index is 6.06. The van der Waals surface area contributed by atoms with Crippen LogP contribution in [0.1, 0.15) is 55.4 Å². The Morgan fingerprint density at radius 3 is 1.12 bits per heavy atom. The Morgan fingerprint density at radius 1 is 0.647 bits per heavy atom. The van der Waals surface area contributed by atoms with Crippen LogP contribution in [0.3, 0.4) is 0 Å². The zero-order valence-electron chi connectivity index (χ0n) is 12.7. The topological polar surface area (TPSA) is 27.7 Å². The molecule has 0 spiro atoms. The van der Waals surface area contributed by atoms with Crippen molar-refractivity contribution in [3.05, 3.63) is 0 Å². The van der Waals surface area contributed by atoms with Gasteiger partial charge in [-0.15, -0.1) is 0 Å². The molecule has 0 heterocycles. The van der Waals surface area contributed by atoms with Crippen LogP contribution in [-0.2, 0) is 13.3 Å². The Morgan fingerprint density at radius 2 is 0.941 bits per heavy atom. The van der Waals surface area contributed by atoms with Crippen molar-refractivity contribution in [2.45, 2.75) is 79.7 Å². The van der Waals surface area contributed by atoms with Crippen molar-refractivity contribution in [2.24, 2.45) is 5.92 Å². The van der Waals surface area contributed by atoms with E-state index in [0.29, 0.717) is 5.92 Å². The van der Waals surface area contributed by atoms with E-state index in [9.17, 15) is 0 Å². The van der Waals surface area contributed by atoms with Crippen molar-refractivity contribution in [3.8, 4) is 0 Å². The van der Waals surface area contributed by atoms with Crippen molar-refractivity contribution >= 4 is 8.80 Å². The molecule has 0 atom stereocenters. The van der Waals surface area contributed by atoms with Gasteiger partial charge in [0.25, 0.3) is 0 Å². The summed E-state index contributed by atoms with van der Waals surface area (Å²) in [4.78, 5) is 0. The maximum Gasteiger partial charge on any atom is 0.501 e. The van der Waals surface area contributed by atoms with Gasteiger partial charge in [-0.3, -0.25) is 0 Å². The molecule has 0 N–H and O–H groups in total. The van der Waals surface area contributed by atoms with E-state index in [2.05, 4.69) is 13.8 Å². The molecular weight excluding hydrogens is 232 g/mol. The van der Waals surface area contributed by atoms with Gasteiger partial charge in [0.1, 0.15) is 0 Å². The lowest BCUT2D eigenvalue weighted by Gasteiger charge is -2.35. The van der Waals surface area contributed by atoms with Crippen molar-refractivity contribution in [3.63, 3.8) is 0 Å². The van der Waals surface area contributed by atoms with Crippen LogP contribution in [-0.4, -0.2) is 27.1 Å². The molecular formula is C13H30O3Si. The molecule has 0 aromatic rings. The van der Waals surface area contributed by atoms with Crippen LogP contribution in [0, 0.1) is 5.92 Å². The highest BCUT2D eigenvalue weighted by Gasteiger charge is 2.44. The zero-order valence-corrected chi connectivity index (χ0v) is 13.7. The first-order valence-corrected chi connectivity index (χ1v) is 8.63. The molecule has 0 fully saturated rings. The Balaban J connectivity index is 4.89. The molecule has 0 bridgehead atoms. The van der Waals surface area contributed by atoms with E-state index in [1.807, 2.05) is 41.5 Å². The summed E-state index contributed by atoms with van der Waals surface area (Å²) in [6.07, 6.45) is 0.411. The molecule has 0 aromatic heterocycles. The molecule has 0 aliphatic heterocycles. The van der Waals surface area contributed by atoms with Gasteiger partial charge >= 0.3 is 8.80 Å². The van der Waals surface area contributed by atoms with Gasteiger partial charge in [-0.25, -0.2) is 0 Å². The number of rotatable bonds is 8. The van der Waals surface area contributed by atoms with Gasteiger partial charge in [0.15, 0.2) is 0 Å². The summed E-state index contributed by atoms with van der Waals surface area (Å²) < 4.78 is 18.2. The average Bonchev–Trinajstić information content (AvgIpc) is 1.95. The van der Waals surface area contributed by atoms with Gasteiger partial charge in [-0.1, -0.05) is 13.8 Å². The van der Waals surface area contributed by atoms with Gasteiger partial charge in [0, 0.05) is 24.4 Å². The van der Waals surface area contributed by atoms with Gasteiger partial charge in [0.2, 0.25) is 0 Å². The van der Waals surface area contributed by atoms with Crippen molar-refractivity contribution in [2.75, 3.05) is 0 Å². The van der Waals surface area contributed by atoms with Gasteiger partial charge in [-0.2, -0.15) is 0 Å². The molecule has 0 unspecified atom stereocenters. The summed E-state index contributed by atoms with van der Waals surface area (Å²) in [6.45, 7) is 16.6. The van der Waals surface area contributed by atoms with E-state index < -0.39 is 8.80 Å². The van der Waals surface area contributed by atoms with E-state index >= 15 is 0 Å². The SMILES string of the molecule is CC(C)C[Si](OC(C)C)(OC(C)C)OC(C)C. The second kappa shape index (κ2) is 7.51.